The molecule has 0 bridgehead atoms. The van der Waals surface area contributed by atoms with Gasteiger partial charge in [-0.1, -0.05) is 23.9 Å². The van der Waals surface area contributed by atoms with Gasteiger partial charge in [0, 0.05) is 11.9 Å². The second kappa shape index (κ2) is 11.6. The molecule has 1 atom stereocenters. The molecule has 0 radical (unpaired) electrons. The Labute approximate surface area is 221 Å². The number of carbonyl (C=O) groups excluding carboxylic acids is 2. The predicted molar refractivity (Wildman–Crippen MR) is 146 cm³/mol. The summed E-state index contributed by atoms with van der Waals surface area (Å²) in [6.07, 6.45) is 1.90. The molecule has 2 aliphatic rings. The summed E-state index contributed by atoms with van der Waals surface area (Å²) in [5.74, 6) is 0.252. The van der Waals surface area contributed by atoms with Crippen LogP contribution in [0.2, 0.25) is 0 Å². The molecule has 1 N–H and O–H groups in total. The molecule has 2 aromatic rings. The largest absolute Gasteiger partial charge is 0.490 e. The molecular weight excluding hydrogens is 490 g/mol. The van der Waals surface area contributed by atoms with Crippen molar-refractivity contribution in [3.05, 3.63) is 76.0 Å². The maximum absolute atomic E-state index is 12.9. The van der Waals surface area contributed by atoms with Gasteiger partial charge < -0.3 is 24.4 Å². The number of anilines is 1. The quantitative estimate of drug-likeness (QED) is 0.437. The Kier molecular flexibility index (Phi) is 8.23. The van der Waals surface area contributed by atoms with Gasteiger partial charge in [-0.05, 0) is 81.0 Å². The van der Waals surface area contributed by atoms with Crippen LogP contribution in [0.25, 0.3) is 0 Å². The number of fused-ring (bicyclic) bond motifs is 1. The first-order valence-electron chi connectivity index (χ1n) is 12.2. The van der Waals surface area contributed by atoms with Crippen molar-refractivity contribution in [2.45, 2.75) is 40.7 Å². The van der Waals surface area contributed by atoms with E-state index in [1.54, 1.807) is 13.0 Å². The number of nitrogens with one attached hydrogen (secondary N) is 1. The average Bonchev–Trinajstić information content (AvgIpc) is 3.30. The number of thioether (sulfide) groups is 1. The fraction of sp³-hybridized carbons (Fsp3) is 0.321. The zero-order valence-electron chi connectivity index (χ0n) is 21.7. The molecule has 2 heterocycles. The topological polar surface area (TPSA) is 89.5 Å². The Morgan fingerprint density at radius 3 is 2.46 bits per heavy atom. The number of allylic oxidation sites excluding steroid dienone is 1. The number of nitrogens with zero attached hydrogens (tertiary/aromatic N) is 2. The fourth-order valence-electron chi connectivity index (χ4n) is 4.37. The van der Waals surface area contributed by atoms with Crippen molar-refractivity contribution >= 4 is 34.5 Å². The minimum Gasteiger partial charge on any atom is -0.490 e. The molecule has 37 heavy (non-hydrogen) atoms. The SMILES string of the molecule is CCOC(=O)C1=C(C)N=C2SC=CN2[C@H]1c1ccc(OCC(=O)Nc2cc(C)cc(C)c2)c(OCC)c1. The summed E-state index contributed by atoms with van der Waals surface area (Å²) in [5.41, 5.74) is 4.77. The number of esters is 1. The maximum atomic E-state index is 12.9. The third kappa shape index (κ3) is 5.99. The number of amides is 1. The highest BCUT2D eigenvalue weighted by molar-refractivity contribution is 8.16. The van der Waals surface area contributed by atoms with E-state index < -0.39 is 12.0 Å². The fourth-order valence-corrected chi connectivity index (χ4v) is 5.16. The summed E-state index contributed by atoms with van der Waals surface area (Å²) in [6, 6.07) is 10.9. The summed E-state index contributed by atoms with van der Waals surface area (Å²) in [7, 11) is 0. The first-order chi connectivity index (χ1) is 17.8. The molecule has 2 aliphatic heterocycles. The Hall–Kier alpha value is -3.72. The summed E-state index contributed by atoms with van der Waals surface area (Å²) in [4.78, 5) is 32.0. The summed E-state index contributed by atoms with van der Waals surface area (Å²) in [5, 5.41) is 5.60. The summed E-state index contributed by atoms with van der Waals surface area (Å²) >= 11 is 1.50. The molecule has 0 saturated carbocycles. The van der Waals surface area contributed by atoms with Gasteiger partial charge >= 0.3 is 5.97 Å². The highest BCUT2D eigenvalue weighted by Crippen LogP contribution is 2.43. The van der Waals surface area contributed by atoms with Gasteiger partial charge in [0.25, 0.3) is 5.91 Å². The zero-order valence-corrected chi connectivity index (χ0v) is 22.5. The molecule has 9 heteroatoms. The normalized spacial score (nSPS) is 16.3. The first kappa shape index (κ1) is 26.3. The predicted octanol–water partition coefficient (Wildman–Crippen LogP) is 5.49. The van der Waals surface area contributed by atoms with E-state index in [2.05, 4.69) is 10.3 Å². The van der Waals surface area contributed by atoms with E-state index >= 15 is 0 Å². The van der Waals surface area contributed by atoms with Crippen LogP contribution in [0.4, 0.5) is 5.69 Å². The van der Waals surface area contributed by atoms with E-state index in [0.717, 1.165) is 27.5 Å². The number of rotatable bonds is 9. The number of aryl methyl sites for hydroxylation is 2. The van der Waals surface area contributed by atoms with Crippen molar-refractivity contribution in [1.29, 1.82) is 0 Å². The number of hydrogen-bond acceptors (Lipinski definition) is 8. The Bertz CT molecular complexity index is 1280. The van der Waals surface area contributed by atoms with E-state index in [9.17, 15) is 9.59 Å². The van der Waals surface area contributed by atoms with Crippen LogP contribution in [0.5, 0.6) is 11.5 Å². The van der Waals surface area contributed by atoms with E-state index in [1.165, 1.54) is 11.8 Å². The molecule has 1 amide bonds. The van der Waals surface area contributed by atoms with Gasteiger partial charge in [-0.3, -0.25) is 4.79 Å². The Morgan fingerprint density at radius 1 is 1.00 bits per heavy atom. The third-order valence-corrected chi connectivity index (χ3v) is 6.53. The van der Waals surface area contributed by atoms with Crippen LogP contribution >= 0.6 is 11.8 Å². The van der Waals surface area contributed by atoms with Crippen LogP contribution in [0, 0.1) is 13.8 Å². The summed E-state index contributed by atoms with van der Waals surface area (Å²) < 4.78 is 17.1. The highest BCUT2D eigenvalue weighted by atomic mass is 32.2. The number of hydrogen-bond donors (Lipinski definition) is 1. The van der Waals surface area contributed by atoms with Crippen molar-refractivity contribution < 1.29 is 23.8 Å². The molecule has 194 valence electrons. The molecule has 0 aliphatic carbocycles. The monoisotopic (exact) mass is 521 g/mol. The van der Waals surface area contributed by atoms with Gasteiger partial charge in [-0.25, -0.2) is 9.79 Å². The lowest BCUT2D eigenvalue weighted by atomic mass is 9.94. The lowest BCUT2D eigenvalue weighted by Crippen LogP contribution is -2.34. The number of carbonyl (C=O) groups is 2. The van der Waals surface area contributed by atoms with Gasteiger partial charge in [0.2, 0.25) is 0 Å². The molecule has 0 unspecified atom stereocenters. The minimum absolute atomic E-state index is 0.175. The average molecular weight is 522 g/mol. The molecule has 0 saturated heterocycles. The van der Waals surface area contributed by atoms with Crippen LogP contribution in [0.1, 0.15) is 43.5 Å². The van der Waals surface area contributed by atoms with Crippen molar-refractivity contribution in [2.75, 3.05) is 25.1 Å². The first-order valence-corrected chi connectivity index (χ1v) is 13.0. The van der Waals surface area contributed by atoms with Gasteiger partial charge in [-0.15, -0.1) is 0 Å². The van der Waals surface area contributed by atoms with E-state index in [0.29, 0.717) is 29.4 Å². The van der Waals surface area contributed by atoms with Gasteiger partial charge in [-0.2, -0.15) is 0 Å². The van der Waals surface area contributed by atoms with Crippen molar-refractivity contribution in [3.63, 3.8) is 0 Å². The van der Waals surface area contributed by atoms with Crippen LogP contribution in [-0.2, 0) is 14.3 Å². The lowest BCUT2D eigenvalue weighted by molar-refractivity contribution is -0.139. The lowest BCUT2D eigenvalue weighted by Gasteiger charge is -2.33. The third-order valence-electron chi connectivity index (χ3n) is 5.76. The summed E-state index contributed by atoms with van der Waals surface area (Å²) in [6.45, 7) is 9.94. The van der Waals surface area contributed by atoms with Gasteiger partial charge in [0.1, 0.15) is 0 Å². The number of aliphatic imine (C=N–C) groups is 1. The number of benzene rings is 2. The smallest absolute Gasteiger partial charge is 0.338 e. The van der Waals surface area contributed by atoms with Crippen molar-refractivity contribution in [3.8, 4) is 11.5 Å². The van der Waals surface area contributed by atoms with Crippen molar-refractivity contribution in [1.82, 2.24) is 4.90 Å². The van der Waals surface area contributed by atoms with Crippen molar-refractivity contribution in [2.24, 2.45) is 4.99 Å². The molecular formula is C28H31N3O5S. The Morgan fingerprint density at radius 2 is 1.76 bits per heavy atom. The maximum Gasteiger partial charge on any atom is 0.338 e. The molecule has 0 aromatic heterocycles. The Balaban J connectivity index is 1.57. The number of ether oxygens (including phenoxy) is 3. The van der Waals surface area contributed by atoms with Gasteiger partial charge in [0.15, 0.2) is 23.3 Å². The molecule has 2 aromatic carbocycles. The van der Waals surface area contributed by atoms with Crippen LogP contribution in [0.3, 0.4) is 0 Å². The molecule has 0 spiro atoms. The standard InChI is InChI=1S/C28H31N3O5S/c1-6-34-23-15-20(26-25(27(33)35-7-2)19(5)29-28-31(26)10-11-37-28)8-9-22(23)36-16-24(32)30-21-13-17(3)12-18(4)14-21/h8-15,26H,6-7,16H2,1-5H3,(H,30,32)/t26-/m0/s1. The zero-order chi connectivity index (χ0) is 26.5. The molecule has 8 nitrogen and oxygen atoms in total. The van der Waals surface area contributed by atoms with E-state index in [-0.39, 0.29) is 19.1 Å². The number of amidine groups is 1. The minimum atomic E-state index is -0.432. The second-order valence-corrected chi connectivity index (χ2v) is 9.55. The molecule has 0 fully saturated rings. The highest BCUT2D eigenvalue weighted by Gasteiger charge is 2.37. The van der Waals surface area contributed by atoms with Crippen LogP contribution < -0.4 is 14.8 Å². The second-order valence-electron chi connectivity index (χ2n) is 8.68. The van der Waals surface area contributed by atoms with Crippen LogP contribution in [0.15, 0.2) is 64.3 Å². The van der Waals surface area contributed by atoms with Gasteiger partial charge in [0.05, 0.1) is 30.5 Å². The molecule has 4 rings (SSSR count). The van der Waals surface area contributed by atoms with Crippen LogP contribution in [-0.4, -0.2) is 41.8 Å². The van der Waals surface area contributed by atoms with E-state index in [4.69, 9.17) is 14.2 Å². The van der Waals surface area contributed by atoms with E-state index in [1.807, 2.05) is 74.5 Å².